The van der Waals surface area contributed by atoms with Crippen LogP contribution in [0.2, 0.25) is 4.34 Å². The van der Waals surface area contributed by atoms with Gasteiger partial charge in [0.05, 0.1) is 10.9 Å². The lowest BCUT2D eigenvalue weighted by Gasteiger charge is -2.19. The summed E-state index contributed by atoms with van der Waals surface area (Å²) in [4.78, 5) is 27.4. The van der Waals surface area contributed by atoms with E-state index in [0.29, 0.717) is 23.1 Å². The van der Waals surface area contributed by atoms with Crippen molar-refractivity contribution >= 4 is 34.5 Å². The summed E-state index contributed by atoms with van der Waals surface area (Å²) in [5.74, 6) is -0.150. The number of thiophene rings is 1. The first-order valence-corrected chi connectivity index (χ1v) is 8.34. The molecule has 8 heteroatoms. The van der Waals surface area contributed by atoms with Crippen LogP contribution in [0.5, 0.6) is 0 Å². The SMILES string of the molecule is CCN(Cc1ccc(Cl)s1)C(=O)Cn1nc2ccccn2c1=O. The monoisotopic (exact) mass is 350 g/mol. The van der Waals surface area contributed by atoms with E-state index in [2.05, 4.69) is 5.10 Å². The number of rotatable bonds is 5. The second-order valence-corrected chi connectivity index (χ2v) is 6.78. The molecule has 0 atom stereocenters. The van der Waals surface area contributed by atoms with Gasteiger partial charge in [0.1, 0.15) is 6.54 Å². The van der Waals surface area contributed by atoms with Crippen LogP contribution in [0.1, 0.15) is 11.8 Å². The van der Waals surface area contributed by atoms with Gasteiger partial charge >= 0.3 is 5.69 Å². The minimum atomic E-state index is -0.316. The van der Waals surface area contributed by atoms with Gasteiger partial charge in [-0.2, -0.15) is 0 Å². The summed E-state index contributed by atoms with van der Waals surface area (Å²) in [7, 11) is 0. The third kappa shape index (κ3) is 3.30. The first-order valence-electron chi connectivity index (χ1n) is 7.14. The van der Waals surface area contributed by atoms with Crippen molar-refractivity contribution in [3.05, 3.63) is 56.2 Å². The van der Waals surface area contributed by atoms with Crippen molar-refractivity contribution in [2.24, 2.45) is 0 Å². The molecule has 0 saturated carbocycles. The largest absolute Gasteiger partial charge is 0.350 e. The topological polar surface area (TPSA) is 59.6 Å². The van der Waals surface area contributed by atoms with Crippen LogP contribution in [0.4, 0.5) is 0 Å². The molecule has 0 saturated heterocycles. The fourth-order valence-corrected chi connectivity index (χ4v) is 3.40. The van der Waals surface area contributed by atoms with Gasteiger partial charge in [-0.25, -0.2) is 9.48 Å². The zero-order chi connectivity index (χ0) is 16.4. The van der Waals surface area contributed by atoms with Crippen molar-refractivity contribution < 1.29 is 4.79 Å². The van der Waals surface area contributed by atoms with E-state index >= 15 is 0 Å². The van der Waals surface area contributed by atoms with Gasteiger partial charge in [0, 0.05) is 17.6 Å². The molecule has 0 spiro atoms. The normalized spacial score (nSPS) is 11.0. The highest BCUT2D eigenvalue weighted by molar-refractivity contribution is 7.16. The van der Waals surface area contributed by atoms with E-state index in [1.54, 1.807) is 29.3 Å². The smallest absolute Gasteiger partial charge is 0.336 e. The Morgan fingerprint density at radius 3 is 2.83 bits per heavy atom. The summed E-state index contributed by atoms with van der Waals surface area (Å²) in [5, 5.41) is 4.18. The third-order valence-corrected chi connectivity index (χ3v) is 4.70. The molecule has 0 aliphatic carbocycles. The van der Waals surface area contributed by atoms with E-state index in [1.165, 1.54) is 20.4 Å². The molecule has 1 amide bonds. The summed E-state index contributed by atoms with van der Waals surface area (Å²) in [5.41, 5.74) is 0.211. The standard InChI is InChI=1S/C15H15ClN4O2S/c1-2-18(9-11-6-7-12(16)23-11)14(21)10-20-15(22)19-8-4-3-5-13(19)17-20/h3-8H,2,9-10H2,1H3. The minimum absolute atomic E-state index is 0.0759. The fraction of sp³-hybridized carbons (Fsp3) is 0.267. The van der Waals surface area contributed by atoms with E-state index in [-0.39, 0.29) is 18.1 Å². The Kier molecular flexibility index (Phi) is 4.49. The minimum Gasteiger partial charge on any atom is -0.336 e. The highest BCUT2D eigenvalue weighted by atomic mass is 35.5. The number of carbonyl (C=O) groups excluding carboxylic acids is 1. The van der Waals surface area contributed by atoms with Crippen molar-refractivity contribution in [2.75, 3.05) is 6.54 Å². The summed E-state index contributed by atoms with van der Waals surface area (Å²) in [6.07, 6.45) is 1.64. The molecule has 0 radical (unpaired) electrons. The Labute approximate surface area is 141 Å². The predicted molar refractivity (Wildman–Crippen MR) is 89.9 cm³/mol. The second kappa shape index (κ2) is 6.55. The van der Waals surface area contributed by atoms with E-state index in [4.69, 9.17) is 11.6 Å². The van der Waals surface area contributed by atoms with Gasteiger partial charge in [-0.15, -0.1) is 16.4 Å². The molecule has 0 fully saturated rings. The Morgan fingerprint density at radius 1 is 1.35 bits per heavy atom. The maximum atomic E-state index is 12.5. The fourth-order valence-electron chi connectivity index (χ4n) is 2.30. The average Bonchev–Trinajstić information content (AvgIpc) is 3.09. The van der Waals surface area contributed by atoms with Crippen LogP contribution in [0.3, 0.4) is 0 Å². The van der Waals surface area contributed by atoms with Gasteiger partial charge in [-0.05, 0) is 31.2 Å². The van der Waals surface area contributed by atoms with Crippen LogP contribution in [0, 0.1) is 0 Å². The Hall–Kier alpha value is -2.12. The number of pyridine rings is 1. The molecule has 3 heterocycles. The van der Waals surface area contributed by atoms with Crippen molar-refractivity contribution in [1.82, 2.24) is 19.1 Å². The predicted octanol–water partition coefficient (Wildman–Crippen LogP) is 2.26. The molecule has 23 heavy (non-hydrogen) atoms. The molecule has 0 N–H and O–H groups in total. The molecule has 120 valence electrons. The van der Waals surface area contributed by atoms with E-state index in [0.717, 1.165) is 4.88 Å². The number of hydrogen-bond donors (Lipinski definition) is 0. The van der Waals surface area contributed by atoms with Crippen molar-refractivity contribution in [2.45, 2.75) is 20.0 Å². The molecule has 0 aliphatic heterocycles. The van der Waals surface area contributed by atoms with Crippen LogP contribution in [0.25, 0.3) is 5.65 Å². The molecular formula is C15H15ClN4O2S. The number of amides is 1. The van der Waals surface area contributed by atoms with E-state index in [1.807, 2.05) is 19.1 Å². The zero-order valence-corrected chi connectivity index (χ0v) is 14.0. The van der Waals surface area contributed by atoms with Crippen LogP contribution in [0.15, 0.2) is 41.3 Å². The summed E-state index contributed by atoms with van der Waals surface area (Å²) >= 11 is 7.36. The molecule has 3 aromatic rings. The van der Waals surface area contributed by atoms with Crippen LogP contribution in [-0.4, -0.2) is 31.5 Å². The average molecular weight is 351 g/mol. The van der Waals surface area contributed by atoms with E-state index in [9.17, 15) is 9.59 Å². The van der Waals surface area contributed by atoms with Gasteiger partial charge in [0.2, 0.25) is 5.91 Å². The lowest BCUT2D eigenvalue weighted by molar-refractivity contribution is -0.132. The molecule has 3 rings (SSSR count). The van der Waals surface area contributed by atoms with Gasteiger partial charge in [0.15, 0.2) is 5.65 Å². The third-order valence-electron chi connectivity index (χ3n) is 3.48. The van der Waals surface area contributed by atoms with Crippen LogP contribution < -0.4 is 5.69 Å². The molecule has 0 aromatic carbocycles. The summed E-state index contributed by atoms with van der Waals surface area (Å²) in [6, 6.07) is 8.99. The van der Waals surface area contributed by atoms with Gasteiger partial charge in [-0.3, -0.25) is 9.20 Å². The maximum absolute atomic E-state index is 12.5. The first-order chi connectivity index (χ1) is 11.1. The number of carbonyl (C=O) groups is 1. The molecular weight excluding hydrogens is 336 g/mol. The lowest BCUT2D eigenvalue weighted by atomic mass is 10.4. The Bertz CT molecular complexity index is 898. The zero-order valence-electron chi connectivity index (χ0n) is 12.5. The number of nitrogens with zero attached hydrogens (tertiary/aromatic N) is 4. The molecule has 0 aliphatic rings. The molecule has 0 bridgehead atoms. The highest BCUT2D eigenvalue weighted by Gasteiger charge is 2.16. The molecule has 3 aromatic heterocycles. The van der Waals surface area contributed by atoms with Crippen molar-refractivity contribution in [3.63, 3.8) is 0 Å². The quantitative estimate of drug-likeness (QED) is 0.709. The van der Waals surface area contributed by atoms with Gasteiger partial charge in [-0.1, -0.05) is 17.7 Å². The summed E-state index contributed by atoms with van der Waals surface area (Å²) < 4.78 is 3.31. The van der Waals surface area contributed by atoms with Gasteiger partial charge < -0.3 is 4.90 Å². The number of aromatic nitrogens is 3. The summed E-state index contributed by atoms with van der Waals surface area (Å²) in [6.45, 7) is 2.86. The van der Waals surface area contributed by atoms with E-state index < -0.39 is 0 Å². The Balaban J connectivity index is 1.78. The van der Waals surface area contributed by atoms with Crippen molar-refractivity contribution in [1.29, 1.82) is 0 Å². The van der Waals surface area contributed by atoms with Crippen LogP contribution in [-0.2, 0) is 17.9 Å². The molecule has 0 unspecified atom stereocenters. The van der Waals surface area contributed by atoms with Crippen LogP contribution >= 0.6 is 22.9 Å². The Morgan fingerprint density at radius 2 is 2.17 bits per heavy atom. The number of hydrogen-bond acceptors (Lipinski definition) is 4. The highest BCUT2D eigenvalue weighted by Crippen LogP contribution is 2.22. The number of halogens is 1. The lowest BCUT2D eigenvalue weighted by Crippen LogP contribution is -2.36. The first kappa shape index (κ1) is 15.8. The van der Waals surface area contributed by atoms with Crippen molar-refractivity contribution in [3.8, 4) is 0 Å². The number of likely N-dealkylation sites (N-methyl/N-ethyl adjacent to an activating group) is 1. The maximum Gasteiger partial charge on any atom is 0.350 e. The molecule has 6 nitrogen and oxygen atoms in total. The second-order valence-electron chi connectivity index (χ2n) is 4.98. The van der Waals surface area contributed by atoms with Gasteiger partial charge in [0.25, 0.3) is 0 Å². The number of fused-ring (bicyclic) bond motifs is 1.